The Morgan fingerprint density at radius 1 is 1.31 bits per heavy atom. The van der Waals surface area contributed by atoms with Crippen LogP contribution in [0.5, 0.6) is 0 Å². The van der Waals surface area contributed by atoms with E-state index in [1.54, 1.807) is 6.92 Å². The summed E-state index contributed by atoms with van der Waals surface area (Å²) in [5.41, 5.74) is 0. The molecule has 0 aliphatic carbocycles. The maximum Gasteiger partial charge on any atom is 0.337 e. The monoisotopic (exact) mass is 246 g/mol. The van der Waals surface area contributed by atoms with Crippen LogP contribution >= 0.6 is 7.60 Å². The average molecular weight is 246 g/mol. The molecule has 0 aromatic heterocycles. The molecule has 0 spiro atoms. The number of hydrogen-bond acceptors (Lipinski definition) is 4. The van der Waals surface area contributed by atoms with Gasteiger partial charge in [-0.05, 0) is 0 Å². The van der Waals surface area contributed by atoms with Gasteiger partial charge in [-0.3, -0.25) is 9.36 Å². The molecule has 5 heteroatoms. The zero-order valence-corrected chi connectivity index (χ0v) is 11.2. The molecule has 0 aromatic carbocycles. The molecule has 0 fully saturated rings. The molecule has 0 aromatic rings. The lowest BCUT2D eigenvalue weighted by atomic mass is 10.0. The van der Waals surface area contributed by atoms with Crippen LogP contribution in [0.25, 0.3) is 0 Å². The van der Waals surface area contributed by atoms with E-state index in [1.165, 1.54) is 14.2 Å². The summed E-state index contributed by atoms with van der Waals surface area (Å²) in [6.07, 6.45) is 1.07. The molecule has 1 atom stereocenters. The number of rotatable bonds is 6. The van der Waals surface area contributed by atoms with E-state index in [2.05, 4.69) is 11.8 Å². The zero-order chi connectivity index (χ0) is 12.6. The molecule has 4 nitrogen and oxygen atoms in total. The van der Waals surface area contributed by atoms with Crippen LogP contribution in [0.4, 0.5) is 0 Å². The van der Waals surface area contributed by atoms with Gasteiger partial charge in [-0.2, -0.15) is 0 Å². The van der Waals surface area contributed by atoms with Gasteiger partial charge in [0.15, 0.2) is 0 Å². The molecule has 0 unspecified atom stereocenters. The largest absolute Gasteiger partial charge is 0.337 e. The summed E-state index contributed by atoms with van der Waals surface area (Å²) in [4.78, 5) is 11.7. The second-order valence-electron chi connectivity index (χ2n) is 3.41. The van der Waals surface area contributed by atoms with E-state index in [0.29, 0.717) is 6.42 Å². The van der Waals surface area contributed by atoms with Crippen LogP contribution in [0.1, 0.15) is 26.7 Å². The maximum atomic E-state index is 11.7. The first kappa shape index (κ1) is 15.4. The lowest BCUT2D eigenvalue weighted by Gasteiger charge is -2.14. The minimum atomic E-state index is -3.23. The van der Waals surface area contributed by atoms with Crippen molar-refractivity contribution in [3.8, 4) is 11.8 Å². The Morgan fingerprint density at radius 2 is 1.88 bits per heavy atom. The van der Waals surface area contributed by atoms with Crippen LogP contribution in [0.15, 0.2) is 0 Å². The standard InChI is InChI=1S/C11H19O4P/c1-5-6-7-8-10(2)11(12)9-16(13,14-3)15-4/h10H,5,8-9H2,1-4H3/t10-/m0/s1. The van der Waals surface area contributed by atoms with Gasteiger partial charge in [0.25, 0.3) is 0 Å². The van der Waals surface area contributed by atoms with Crippen molar-refractivity contribution >= 4 is 13.4 Å². The highest BCUT2D eigenvalue weighted by Crippen LogP contribution is 2.46. The van der Waals surface area contributed by atoms with Crippen molar-refractivity contribution in [3.63, 3.8) is 0 Å². The van der Waals surface area contributed by atoms with E-state index >= 15 is 0 Å². The molecule has 0 N–H and O–H groups in total. The van der Waals surface area contributed by atoms with Crippen LogP contribution in [0, 0.1) is 17.8 Å². The quantitative estimate of drug-likeness (QED) is 0.533. The van der Waals surface area contributed by atoms with E-state index in [4.69, 9.17) is 9.05 Å². The van der Waals surface area contributed by atoms with Gasteiger partial charge in [-0.25, -0.2) is 0 Å². The summed E-state index contributed by atoms with van der Waals surface area (Å²) >= 11 is 0. The fourth-order valence-corrected chi connectivity index (χ4v) is 2.12. The van der Waals surface area contributed by atoms with Crippen molar-refractivity contribution in [2.45, 2.75) is 26.7 Å². The first-order chi connectivity index (χ1) is 7.49. The van der Waals surface area contributed by atoms with Crippen LogP contribution in [-0.2, 0) is 18.4 Å². The normalized spacial score (nSPS) is 12.8. The number of carbonyl (C=O) groups excluding carboxylic acids is 1. The molecular formula is C11H19O4P. The fraction of sp³-hybridized carbons (Fsp3) is 0.727. The van der Waals surface area contributed by atoms with Crippen LogP contribution in [0.3, 0.4) is 0 Å². The summed E-state index contributed by atoms with van der Waals surface area (Å²) in [5, 5.41) is 0. The zero-order valence-electron chi connectivity index (χ0n) is 10.3. The molecule has 0 radical (unpaired) electrons. The molecule has 0 saturated heterocycles. The molecule has 16 heavy (non-hydrogen) atoms. The molecule has 0 aliphatic rings. The van der Waals surface area contributed by atoms with Gasteiger partial charge in [0.05, 0.1) is 0 Å². The summed E-state index contributed by atoms with van der Waals surface area (Å²) in [6.45, 7) is 3.71. The van der Waals surface area contributed by atoms with Gasteiger partial charge in [-0.1, -0.05) is 13.8 Å². The third-order valence-electron chi connectivity index (χ3n) is 2.17. The Morgan fingerprint density at radius 3 is 2.31 bits per heavy atom. The van der Waals surface area contributed by atoms with E-state index in [9.17, 15) is 9.36 Å². The highest BCUT2D eigenvalue weighted by atomic mass is 31.2. The summed E-state index contributed by atoms with van der Waals surface area (Å²) in [5.74, 6) is 5.41. The minimum absolute atomic E-state index is 0.141. The Hall–Kier alpha value is -0.620. The fourth-order valence-electron chi connectivity index (χ4n) is 1.01. The second kappa shape index (κ2) is 7.62. The second-order valence-corrected chi connectivity index (χ2v) is 5.68. The summed E-state index contributed by atoms with van der Waals surface area (Å²) in [7, 11) is -0.674. The van der Waals surface area contributed by atoms with Gasteiger partial charge in [0.2, 0.25) is 0 Å². The highest BCUT2D eigenvalue weighted by molar-refractivity contribution is 7.54. The van der Waals surface area contributed by atoms with Crippen LogP contribution < -0.4 is 0 Å². The Bertz CT molecular complexity index is 319. The maximum absolute atomic E-state index is 11.7. The number of hydrogen-bond donors (Lipinski definition) is 0. The molecule has 0 saturated carbocycles. The molecule has 0 heterocycles. The van der Waals surface area contributed by atoms with E-state index in [1.807, 2.05) is 6.92 Å². The molecule has 0 bridgehead atoms. The van der Waals surface area contributed by atoms with E-state index < -0.39 is 7.60 Å². The summed E-state index contributed by atoms with van der Waals surface area (Å²) in [6, 6.07) is 0. The third-order valence-corrected chi connectivity index (χ3v) is 3.98. The lowest BCUT2D eigenvalue weighted by molar-refractivity contribution is -0.120. The van der Waals surface area contributed by atoms with Gasteiger partial charge in [0.1, 0.15) is 11.9 Å². The molecule has 92 valence electrons. The predicted octanol–water partition coefficient (Wildman–Crippen LogP) is 2.48. The molecule has 0 rings (SSSR count). The molecule has 0 amide bonds. The predicted molar refractivity (Wildman–Crippen MR) is 63.3 cm³/mol. The topological polar surface area (TPSA) is 52.6 Å². The Labute approximate surface area is 97.2 Å². The van der Waals surface area contributed by atoms with Gasteiger partial charge in [-0.15, -0.1) is 11.8 Å². The van der Waals surface area contributed by atoms with Gasteiger partial charge in [0, 0.05) is 33.0 Å². The van der Waals surface area contributed by atoms with Crippen molar-refractivity contribution in [1.29, 1.82) is 0 Å². The minimum Gasteiger partial charge on any atom is -0.312 e. The van der Waals surface area contributed by atoms with Crippen molar-refractivity contribution in [1.82, 2.24) is 0 Å². The van der Waals surface area contributed by atoms with E-state index in [-0.39, 0.29) is 17.9 Å². The Balaban J connectivity index is 4.30. The van der Waals surface area contributed by atoms with Gasteiger partial charge >= 0.3 is 7.60 Å². The SMILES string of the molecule is CCC#CC[C@H](C)C(=O)CP(=O)(OC)OC. The van der Waals surface area contributed by atoms with Crippen molar-refractivity contribution in [2.75, 3.05) is 20.4 Å². The van der Waals surface area contributed by atoms with Crippen LogP contribution in [0.2, 0.25) is 0 Å². The van der Waals surface area contributed by atoms with Crippen molar-refractivity contribution < 1.29 is 18.4 Å². The van der Waals surface area contributed by atoms with Gasteiger partial charge < -0.3 is 9.05 Å². The number of Topliss-reactive ketones (excluding diaryl/α,β-unsaturated/α-hetero) is 1. The smallest absolute Gasteiger partial charge is 0.312 e. The van der Waals surface area contributed by atoms with Crippen LogP contribution in [-0.4, -0.2) is 26.2 Å². The van der Waals surface area contributed by atoms with Crippen molar-refractivity contribution in [2.24, 2.45) is 5.92 Å². The number of ketones is 1. The van der Waals surface area contributed by atoms with E-state index in [0.717, 1.165) is 6.42 Å². The number of carbonyl (C=O) groups is 1. The molecular weight excluding hydrogens is 227 g/mol. The average Bonchev–Trinajstić information content (AvgIpc) is 2.29. The van der Waals surface area contributed by atoms with Crippen molar-refractivity contribution in [3.05, 3.63) is 0 Å². The lowest BCUT2D eigenvalue weighted by Crippen LogP contribution is -2.16. The first-order valence-corrected chi connectivity index (χ1v) is 6.90. The highest BCUT2D eigenvalue weighted by Gasteiger charge is 2.27. The third kappa shape index (κ3) is 5.46. The first-order valence-electron chi connectivity index (χ1n) is 5.18. The Kier molecular flexibility index (Phi) is 7.33. The molecule has 0 aliphatic heterocycles. The summed E-state index contributed by atoms with van der Waals surface area (Å²) < 4.78 is 21.1.